The van der Waals surface area contributed by atoms with Gasteiger partial charge in [0.25, 0.3) is 0 Å². The molecule has 0 fully saturated rings. The molecule has 0 spiro atoms. The summed E-state index contributed by atoms with van der Waals surface area (Å²) < 4.78 is 0. The highest BCUT2D eigenvalue weighted by Gasteiger charge is 1.47. The van der Waals surface area contributed by atoms with Crippen LogP contribution in [0, 0.1) is 0 Å². The van der Waals surface area contributed by atoms with Gasteiger partial charge in [0, 0.05) is 0 Å². The van der Waals surface area contributed by atoms with Gasteiger partial charge in [-0.25, -0.2) is 0 Å². The molecule has 0 aliphatic carbocycles. The zero-order valence-corrected chi connectivity index (χ0v) is 5.93. The van der Waals surface area contributed by atoms with E-state index in [-0.39, 0.29) is 25.1 Å². The number of carbonyl (C=O) groups is 5. The van der Waals surface area contributed by atoms with Crippen molar-refractivity contribution in [3.63, 3.8) is 0 Å². The molecule has 0 aliphatic heterocycles. The molecule has 0 radical (unpaired) electrons. The molecule has 5 nitrogen and oxygen atoms in total. The molecule has 0 aromatic rings. The van der Waals surface area contributed by atoms with E-state index in [1.54, 1.807) is 0 Å². The maximum atomic E-state index is 8.81. The van der Waals surface area contributed by atoms with Crippen molar-refractivity contribution in [2.24, 2.45) is 0 Å². The lowest BCUT2D eigenvalue weighted by molar-refractivity contribution is -0.122. The van der Waals surface area contributed by atoms with Crippen molar-refractivity contribution >= 4 is 31.4 Å². The van der Waals surface area contributed by atoms with E-state index in [4.69, 9.17) is 24.0 Å². The predicted molar refractivity (Wildman–Crippen MR) is 36.0 cm³/mol. The fourth-order valence-electron chi connectivity index (χ4n) is 0. The summed E-state index contributed by atoms with van der Waals surface area (Å²) in [6.45, 7) is 1.44. The molecule has 11 heavy (non-hydrogen) atoms. The first-order valence-corrected chi connectivity index (χ1v) is 2.42. The van der Waals surface area contributed by atoms with E-state index in [9.17, 15) is 0 Å². The monoisotopic (exact) mass is 160 g/mol. The van der Waals surface area contributed by atoms with Gasteiger partial charge in [0.2, 0.25) is 0 Å². The van der Waals surface area contributed by atoms with Gasteiger partial charge in [-0.05, 0) is 6.92 Å². The molecule has 0 saturated heterocycles. The number of hydrogen-bond acceptors (Lipinski definition) is 5. The average Bonchev–Trinajstić information content (AvgIpc) is 2.06. The topological polar surface area (TPSA) is 85.3 Å². The van der Waals surface area contributed by atoms with Crippen LogP contribution in [0.25, 0.3) is 0 Å². The van der Waals surface area contributed by atoms with Gasteiger partial charge < -0.3 is 4.79 Å². The minimum absolute atomic E-state index is 0.194. The normalized spacial score (nSPS) is 4.82. The lowest BCUT2D eigenvalue weighted by Gasteiger charge is -1.31. The molecule has 0 unspecified atom stereocenters. The summed E-state index contributed by atoms with van der Waals surface area (Å²) in [5.41, 5.74) is 0. The van der Waals surface area contributed by atoms with Crippen LogP contribution in [0.15, 0.2) is 0 Å². The Morgan fingerprint density at radius 3 is 0.727 bits per heavy atom. The molecular weight excluding hydrogens is 152 g/mol. The summed E-state index contributed by atoms with van der Waals surface area (Å²) in [4.78, 5) is 44.0. The van der Waals surface area contributed by atoms with Crippen molar-refractivity contribution in [3.8, 4) is 0 Å². The van der Waals surface area contributed by atoms with Gasteiger partial charge in [0.1, 0.15) is 6.29 Å². The van der Waals surface area contributed by atoms with Crippen molar-refractivity contribution in [1.29, 1.82) is 0 Å². The quantitative estimate of drug-likeness (QED) is 0.381. The molecule has 0 saturated carbocycles. The number of hydrogen-bond donors (Lipinski definition) is 0. The van der Waals surface area contributed by atoms with E-state index in [1.807, 2.05) is 0 Å². The van der Waals surface area contributed by atoms with Crippen molar-refractivity contribution in [3.05, 3.63) is 0 Å². The van der Waals surface area contributed by atoms with Gasteiger partial charge in [-0.1, -0.05) is 0 Å². The first-order valence-electron chi connectivity index (χ1n) is 2.42. The molecule has 0 N–H and O–H groups in total. The Bertz CT molecular complexity index is 94.1. The van der Waals surface area contributed by atoms with Crippen LogP contribution in [0.5, 0.6) is 0 Å². The Morgan fingerprint density at radius 1 is 0.636 bits per heavy atom. The van der Waals surface area contributed by atoms with Crippen molar-refractivity contribution in [2.45, 2.75) is 6.92 Å². The number of carbonyl (C=O) groups excluding carboxylic acids is 5. The Balaban J connectivity index is -0.0000000886. The molecule has 0 atom stereocenters. The highest BCUT2D eigenvalue weighted by molar-refractivity contribution is 6.09. The zero-order valence-electron chi connectivity index (χ0n) is 5.93. The standard InChI is InChI=1S/2C2H2O2.C2H4O/c2*3-1-2-4;1-2-3/h2*1-2H;2H,1H3. The van der Waals surface area contributed by atoms with E-state index in [2.05, 4.69) is 0 Å². The van der Waals surface area contributed by atoms with Crippen LogP contribution in [-0.2, 0) is 24.0 Å². The van der Waals surface area contributed by atoms with E-state index >= 15 is 0 Å². The summed E-state index contributed by atoms with van der Waals surface area (Å²) in [6.07, 6.45) is 1.53. The molecule has 0 aromatic carbocycles. The third-order valence-corrected chi connectivity index (χ3v) is 0.111. The fraction of sp³-hybridized carbons (Fsp3) is 0.167. The minimum Gasteiger partial charge on any atom is -0.304 e. The SMILES string of the molecule is CC=O.O=CC=O.O=CC=O. The maximum Gasteiger partial charge on any atom is 0.182 e. The van der Waals surface area contributed by atoms with Crippen LogP contribution in [0.3, 0.4) is 0 Å². The van der Waals surface area contributed by atoms with Crippen molar-refractivity contribution < 1.29 is 24.0 Å². The Hall–Kier alpha value is -1.65. The Labute approximate surface area is 63.4 Å². The Kier molecular flexibility index (Phi) is 59.1. The average molecular weight is 160 g/mol. The summed E-state index contributed by atoms with van der Waals surface area (Å²) in [7, 11) is 0. The van der Waals surface area contributed by atoms with Crippen LogP contribution in [-0.4, -0.2) is 31.4 Å². The number of rotatable bonds is 2. The van der Waals surface area contributed by atoms with Crippen LogP contribution in [0.2, 0.25) is 0 Å². The lowest BCUT2D eigenvalue weighted by Crippen LogP contribution is -1.62. The van der Waals surface area contributed by atoms with E-state index < -0.39 is 0 Å². The molecule has 0 amide bonds. The second kappa shape index (κ2) is 40.2. The highest BCUT2D eigenvalue weighted by Crippen LogP contribution is 1.13. The van der Waals surface area contributed by atoms with Crippen LogP contribution < -0.4 is 0 Å². The molecule has 0 heterocycles. The largest absolute Gasteiger partial charge is 0.304 e. The van der Waals surface area contributed by atoms with E-state index in [0.717, 1.165) is 6.29 Å². The summed E-state index contributed by atoms with van der Waals surface area (Å²) in [5, 5.41) is 0. The van der Waals surface area contributed by atoms with Gasteiger partial charge in [0.15, 0.2) is 25.1 Å². The molecule has 5 heteroatoms. The lowest BCUT2D eigenvalue weighted by atomic mass is 10.9. The first kappa shape index (κ1) is 16.2. The highest BCUT2D eigenvalue weighted by atomic mass is 16.2. The minimum atomic E-state index is 0.194. The van der Waals surface area contributed by atoms with Crippen molar-refractivity contribution in [1.82, 2.24) is 0 Å². The molecule has 0 aromatic heterocycles. The number of aldehydes is 5. The molecule has 0 bridgehead atoms. The third-order valence-electron chi connectivity index (χ3n) is 0.111. The van der Waals surface area contributed by atoms with Crippen LogP contribution in [0.1, 0.15) is 6.92 Å². The van der Waals surface area contributed by atoms with Crippen LogP contribution in [0.4, 0.5) is 0 Å². The predicted octanol–water partition coefficient (Wildman–Crippen LogP) is -1.03. The third kappa shape index (κ3) is 2750. The van der Waals surface area contributed by atoms with Gasteiger partial charge in [-0.15, -0.1) is 0 Å². The maximum absolute atomic E-state index is 8.81. The fourth-order valence-corrected chi connectivity index (χ4v) is 0. The summed E-state index contributed by atoms with van der Waals surface area (Å²) >= 11 is 0. The van der Waals surface area contributed by atoms with Gasteiger partial charge in [-0.3, -0.25) is 19.2 Å². The Morgan fingerprint density at radius 2 is 0.727 bits per heavy atom. The van der Waals surface area contributed by atoms with Crippen molar-refractivity contribution in [2.75, 3.05) is 0 Å². The summed E-state index contributed by atoms with van der Waals surface area (Å²) in [5.74, 6) is 0. The van der Waals surface area contributed by atoms with E-state index in [0.29, 0.717) is 0 Å². The molecular formula is C6H8O5. The zero-order chi connectivity index (χ0) is 9.54. The van der Waals surface area contributed by atoms with Gasteiger partial charge in [0.05, 0.1) is 0 Å². The van der Waals surface area contributed by atoms with Gasteiger partial charge >= 0.3 is 0 Å². The first-order chi connectivity index (χ1) is 5.24. The summed E-state index contributed by atoms with van der Waals surface area (Å²) in [6, 6.07) is 0. The second-order valence-electron chi connectivity index (χ2n) is 0.780. The molecule has 0 aliphatic rings. The molecule has 62 valence electrons. The van der Waals surface area contributed by atoms with Crippen LogP contribution >= 0.6 is 0 Å². The smallest absolute Gasteiger partial charge is 0.182 e. The molecule has 0 rings (SSSR count). The van der Waals surface area contributed by atoms with Gasteiger partial charge in [-0.2, -0.15) is 0 Å². The second-order valence-corrected chi connectivity index (χ2v) is 0.780. The van der Waals surface area contributed by atoms with E-state index in [1.165, 1.54) is 6.92 Å².